The maximum absolute atomic E-state index is 12.8. The van der Waals surface area contributed by atoms with Gasteiger partial charge in [-0.1, -0.05) is 18.9 Å². The molecule has 1 aromatic carbocycles. The zero-order chi connectivity index (χ0) is 12.1. The topological polar surface area (TPSA) is 17.1 Å². The van der Waals surface area contributed by atoms with Crippen LogP contribution < -0.4 is 0 Å². The van der Waals surface area contributed by atoms with E-state index in [1.54, 1.807) is 12.1 Å². The largest absolute Gasteiger partial charge is 0.289 e. The number of benzene rings is 1. The zero-order valence-corrected chi connectivity index (χ0v) is 9.92. The molecule has 0 saturated carbocycles. The van der Waals surface area contributed by atoms with E-state index in [1.807, 2.05) is 0 Å². The van der Waals surface area contributed by atoms with Crippen molar-refractivity contribution in [1.82, 2.24) is 0 Å². The second-order valence-electron chi connectivity index (χ2n) is 4.52. The number of rotatable bonds is 2. The molecule has 0 saturated heterocycles. The van der Waals surface area contributed by atoms with Crippen LogP contribution in [0.25, 0.3) is 0 Å². The number of carbonyl (C=O) groups is 1. The minimum atomic E-state index is -0.298. The van der Waals surface area contributed by atoms with Crippen molar-refractivity contribution in [2.45, 2.75) is 38.5 Å². The number of allylic oxidation sites excluding steroid dienone is 2. The summed E-state index contributed by atoms with van der Waals surface area (Å²) < 4.78 is 12.8. The first-order chi connectivity index (χ1) is 8.27. The van der Waals surface area contributed by atoms with Gasteiger partial charge in [-0.05, 0) is 55.5 Å². The van der Waals surface area contributed by atoms with E-state index in [9.17, 15) is 9.18 Å². The van der Waals surface area contributed by atoms with E-state index >= 15 is 0 Å². The first-order valence-corrected chi connectivity index (χ1v) is 6.26. The summed E-state index contributed by atoms with van der Waals surface area (Å²) in [5, 5.41) is 0. The van der Waals surface area contributed by atoms with E-state index < -0.39 is 0 Å². The summed E-state index contributed by atoms with van der Waals surface area (Å²) >= 11 is 0. The van der Waals surface area contributed by atoms with E-state index in [1.165, 1.54) is 31.4 Å². The van der Waals surface area contributed by atoms with Crippen molar-refractivity contribution in [3.8, 4) is 0 Å². The normalized spacial score (nSPS) is 19.9. The smallest absolute Gasteiger partial charge is 0.188 e. The van der Waals surface area contributed by atoms with Crippen molar-refractivity contribution >= 4 is 5.78 Å². The number of ketones is 1. The molecule has 2 heteroatoms. The molecule has 0 N–H and O–H groups in total. The Balaban J connectivity index is 2.15. The molecule has 1 aromatic rings. The first-order valence-electron chi connectivity index (χ1n) is 6.26. The fraction of sp³-hybridized carbons (Fsp3) is 0.400. The molecule has 17 heavy (non-hydrogen) atoms. The molecule has 0 aromatic heterocycles. The van der Waals surface area contributed by atoms with E-state index in [-0.39, 0.29) is 11.6 Å². The van der Waals surface area contributed by atoms with Crippen LogP contribution in [0.5, 0.6) is 0 Å². The van der Waals surface area contributed by atoms with Crippen molar-refractivity contribution in [1.29, 1.82) is 0 Å². The molecular formula is C15H17FO. The molecule has 1 aliphatic carbocycles. The van der Waals surface area contributed by atoms with E-state index in [0.717, 1.165) is 24.8 Å². The molecule has 1 aliphatic rings. The van der Waals surface area contributed by atoms with Crippen LogP contribution in [0.1, 0.15) is 48.9 Å². The molecule has 1 nitrogen and oxygen atoms in total. The van der Waals surface area contributed by atoms with Crippen LogP contribution in [0, 0.1) is 5.82 Å². The lowest BCUT2D eigenvalue weighted by Crippen LogP contribution is -2.05. The molecule has 0 atom stereocenters. The Morgan fingerprint density at radius 2 is 1.71 bits per heavy atom. The summed E-state index contributed by atoms with van der Waals surface area (Å²) in [6.45, 7) is 0. The van der Waals surface area contributed by atoms with Crippen molar-refractivity contribution < 1.29 is 9.18 Å². The Bertz CT molecular complexity index is 417. The van der Waals surface area contributed by atoms with E-state index in [0.29, 0.717) is 5.56 Å². The predicted molar refractivity (Wildman–Crippen MR) is 66.5 cm³/mol. The number of hydrogen-bond donors (Lipinski definition) is 0. The maximum atomic E-state index is 12.8. The van der Waals surface area contributed by atoms with Crippen LogP contribution in [0.3, 0.4) is 0 Å². The second kappa shape index (κ2) is 5.76. The van der Waals surface area contributed by atoms with Gasteiger partial charge >= 0.3 is 0 Å². The lowest BCUT2D eigenvalue weighted by atomic mass is 9.94. The van der Waals surface area contributed by atoms with Crippen LogP contribution >= 0.6 is 0 Å². The van der Waals surface area contributed by atoms with Gasteiger partial charge in [-0.15, -0.1) is 0 Å². The summed E-state index contributed by atoms with van der Waals surface area (Å²) in [7, 11) is 0. The average Bonchev–Trinajstić information content (AvgIpc) is 2.29. The monoisotopic (exact) mass is 232 g/mol. The van der Waals surface area contributed by atoms with Gasteiger partial charge in [-0.25, -0.2) is 4.39 Å². The molecule has 0 radical (unpaired) electrons. The Kier molecular flexibility index (Phi) is 4.08. The fourth-order valence-electron chi connectivity index (χ4n) is 2.18. The number of carbonyl (C=O) groups excluding carboxylic acids is 1. The molecule has 0 unspecified atom stereocenters. The third-order valence-electron chi connectivity index (χ3n) is 3.19. The average molecular weight is 232 g/mol. The molecule has 0 bridgehead atoms. The summed E-state index contributed by atoms with van der Waals surface area (Å²) in [6, 6.07) is 5.82. The summed E-state index contributed by atoms with van der Waals surface area (Å²) in [4.78, 5) is 12.2. The number of hydrogen-bond acceptors (Lipinski definition) is 1. The van der Waals surface area contributed by atoms with Crippen molar-refractivity contribution in [2.24, 2.45) is 0 Å². The molecule has 2 rings (SSSR count). The van der Waals surface area contributed by atoms with Crippen molar-refractivity contribution in [2.75, 3.05) is 0 Å². The third kappa shape index (κ3) is 3.26. The van der Waals surface area contributed by atoms with Crippen molar-refractivity contribution in [3.05, 3.63) is 47.3 Å². The van der Waals surface area contributed by atoms with E-state index in [4.69, 9.17) is 0 Å². The highest BCUT2D eigenvalue weighted by molar-refractivity contribution is 6.08. The Morgan fingerprint density at radius 3 is 2.47 bits per heavy atom. The van der Waals surface area contributed by atoms with Gasteiger partial charge in [0.15, 0.2) is 5.78 Å². The van der Waals surface area contributed by atoms with Crippen LogP contribution in [-0.4, -0.2) is 5.78 Å². The highest BCUT2D eigenvalue weighted by Gasteiger charge is 2.12. The Hall–Kier alpha value is -1.44. The standard InChI is InChI=1S/C15H17FO/c16-14-10-8-13(9-11-14)15(17)12-6-4-2-1-3-5-7-12/h6,8-11H,1-5,7H2/b12-6+. The van der Waals surface area contributed by atoms with Crippen LogP contribution in [0.15, 0.2) is 35.9 Å². The fourth-order valence-corrected chi connectivity index (χ4v) is 2.18. The molecular weight excluding hydrogens is 215 g/mol. The summed E-state index contributed by atoms with van der Waals surface area (Å²) in [6.07, 6.45) is 8.62. The van der Waals surface area contributed by atoms with E-state index in [2.05, 4.69) is 6.08 Å². The van der Waals surface area contributed by atoms with Crippen LogP contribution in [0.2, 0.25) is 0 Å². The minimum Gasteiger partial charge on any atom is -0.289 e. The summed E-state index contributed by atoms with van der Waals surface area (Å²) in [5.74, 6) is -0.236. The lowest BCUT2D eigenvalue weighted by Gasteiger charge is -2.10. The number of Topliss-reactive ketones (excluding diaryl/α,β-unsaturated/α-hetero) is 1. The van der Waals surface area contributed by atoms with Gasteiger partial charge in [-0.3, -0.25) is 4.79 Å². The quantitative estimate of drug-likeness (QED) is 0.695. The van der Waals surface area contributed by atoms with Gasteiger partial charge in [0.1, 0.15) is 5.82 Å². The highest BCUT2D eigenvalue weighted by atomic mass is 19.1. The first kappa shape index (κ1) is 12.0. The molecule has 0 amide bonds. The molecule has 90 valence electrons. The van der Waals surface area contributed by atoms with Crippen molar-refractivity contribution in [3.63, 3.8) is 0 Å². The second-order valence-corrected chi connectivity index (χ2v) is 4.52. The minimum absolute atomic E-state index is 0.0619. The zero-order valence-electron chi connectivity index (χ0n) is 9.92. The highest BCUT2D eigenvalue weighted by Crippen LogP contribution is 2.20. The predicted octanol–water partition coefficient (Wildman–Crippen LogP) is 4.29. The van der Waals surface area contributed by atoms with Crippen LogP contribution in [-0.2, 0) is 0 Å². The molecule has 0 spiro atoms. The Morgan fingerprint density at radius 1 is 1.00 bits per heavy atom. The number of halogens is 1. The van der Waals surface area contributed by atoms with Gasteiger partial charge in [0.25, 0.3) is 0 Å². The van der Waals surface area contributed by atoms with Gasteiger partial charge in [0.05, 0.1) is 0 Å². The molecule has 0 heterocycles. The van der Waals surface area contributed by atoms with Gasteiger partial charge in [0.2, 0.25) is 0 Å². The lowest BCUT2D eigenvalue weighted by molar-refractivity contribution is 0.102. The maximum Gasteiger partial charge on any atom is 0.188 e. The molecule has 0 fully saturated rings. The Labute approximate surface area is 101 Å². The van der Waals surface area contributed by atoms with Gasteiger partial charge < -0.3 is 0 Å². The summed E-state index contributed by atoms with van der Waals surface area (Å²) in [5.41, 5.74) is 1.49. The van der Waals surface area contributed by atoms with Gasteiger partial charge in [0, 0.05) is 5.56 Å². The third-order valence-corrected chi connectivity index (χ3v) is 3.19. The molecule has 0 aliphatic heterocycles. The SMILES string of the molecule is O=C(/C1=C/CCCCCC1)c1ccc(F)cc1. The van der Waals surface area contributed by atoms with Gasteiger partial charge in [-0.2, -0.15) is 0 Å². The van der Waals surface area contributed by atoms with Crippen LogP contribution in [0.4, 0.5) is 4.39 Å².